The van der Waals surface area contributed by atoms with Crippen LogP contribution in [0.2, 0.25) is 0 Å². The number of morpholine rings is 1. The number of nitrogens with two attached hydrogens (primary N) is 1. The van der Waals surface area contributed by atoms with Gasteiger partial charge in [-0.15, -0.1) is 0 Å². The molecule has 0 spiro atoms. The van der Waals surface area contributed by atoms with E-state index in [1.165, 1.54) is 0 Å². The zero-order chi connectivity index (χ0) is 12.3. The second-order valence-electron chi connectivity index (χ2n) is 5.47. The van der Waals surface area contributed by atoms with Gasteiger partial charge in [-0.2, -0.15) is 0 Å². The summed E-state index contributed by atoms with van der Waals surface area (Å²) in [5, 5.41) is 9.97. The third kappa shape index (κ3) is 4.01. The fourth-order valence-electron chi connectivity index (χ4n) is 2.43. The average Bonchev–Trinajstić information content (AvgIpc) is 2.15. The van der Waals surface area contributed by atoms with Gasteiger partial charge in [0.25, 0.3) is 0 Å². The van der Waals surface area contributed by atoms with Crippen molar-refractivity contribution in [1.82, 2.24) is 4.90 Å². The van der Waals surface area contributed by atoms with Gasteiger partial charge in [0.05, 0.1) is 17.8 Å². The normalized spacial score (nSPS) is 33.4. The molecule has 0 aromatic carbocycles. The highest BCUT2D eigenvalue weighted by molar-refractivity contribution is 4.84. The largest absolute Gasteiger partial charge is 0.389 e. The summed E-state index contributed by atoms with van der Waals surface area (Å²) < 4.78 is 5.69. The minimum Gasteiger partial charge on any atom is -0.389 e. The van der Waals surface area contributed by atoms with Crippen LogP contribution in [-0.2, 0) is 4.74 Å². The maximum Gasteiger partial charge on any atom is 0.0756 e. The first-order valence-electron chi connectivity index (χ1n) is 6.16. The Kier molecular flexibility index (Phi) is 4.73. The molecule has 0 amide bonds. The van der Waals surface area contributed by atoms with Gasteiger partial charge < -0.3 is 15.6 Å². The second-order valence-corrected chi connectivity index (χ2v) is 5.47. The molecule has 4 atom stereocenters. The van der Waals surface area contributed by atoms with Crippen LogP contribution in [0.1, 0.15) is 34.1 Å². The summed E-state index contributed by atoms with van der Waals surface area (Å²) in [5.41, 5.74) is 4.79. The van der Waals surface area contributed by atoms with E-state index >= 15 is 0 Å². The van der Waals surface area contributed by atoms with Crippen LogP contribution in [0.3, 0.4) is 0 Å². The van der Waals surface area contributed by atoms with Gasteiger partial charge in [-0.25, -0.2) is 0 Å². The zero-order valence-electron chi connectivity index (χ0n) is 10.9. The van der Waals surface area contributed by atoms with E-state index in [0.29, 0.717) is 19.0 Å². The summed E-state index contributed by atoms with van der Waals surface area (Å²) in [7, 11) is 0. The molecule has 1 aliphatic rings. The number of ether oxygens (including phenoxy) is 1. The summed E-state index contributed by atoms with van der Waals surface area (Å²) in [6.07, 6.45) is 1.26. The molecular formula is C12H26N2O2. The minimum absolute atomic E-state index is 0.272. The second kappa shape index (κ2) is 5.45. The highest BCUT2D eigenvalue weighted by atomic mass is 16.5. The van der Waals surface area contributed by atoms with Crippen molar-refractivity contribution in [2.45, 2.75) is 58.0 Å². The Hall–Kier alpha value is -0.160. The molecule has 0 bridgehead atoms. The first-order valence-corrected chi connectivity index (χ1v) is 6.16. The lowest BCUT2D eigenvalue weighted by Crippen LogP contribution is -2.51. The van der Waals surface area contributed by atoms with E-state index < -0.39 is 5.60 Å². The summed E-state index contributed by atoms with van der Waals surface area (Å²) in [6.45, 7) is 10.3. The molecule has 4 heteroatoms. The maximum absolute atomic E-state index is 9.97. The SMILES string of the molecule is CC(CC(C)(O)CN)N1C[C@@H](C)O[C@@H](C)C1. The smallest absolute Gasteiger partial charge is 0.0756 e. The molecule has 0 aromatic heterocycles. The molecule has 0 aromatic rings. The Morgan fingerprint density at radius 3 is 2.38 bits per heavy atom. The van der Waals surface area contributed by atoms with Crippen LogP contribution in [-0.4, -0.2) is 53.5 Å². The Labute approximate surface area is 98.8 Å². The standard InChI is InChI=1S/C12H26N2O2/c1-9(5-12(4,15)8-13)14-6-10(2)16-11(3)7-14/h9-11,15H,5-8,13H2,1-4H3/t9?,10-,11+,12?. The Balaban J connectivity index is 2.50. The lowest BCUT2D eigenvalue weighted by Gasteiger charge is -2.40. The van der Waals surface area contributed by atoms with Crippen LogP contribution >= 0.6 is 0 Å². The lowest BCUT2D eigenvalue weighted by atomic mass is 9.96. The van der Waals surface area contributed by atoms with E-state index in [4.69, 9.17) is 10.5 Å². The van der Waals surface area contributed by atoms with Crippen LogP contribution in [0.5, 0.6) is 0 Å². The summed E-state index contributed by atoms with van der Waals surface area (Å²) in [4.78, 5) is 2.38. The fraction of sp³-hybridized carbons (Fsp3) is 1.00. The number of aliphatic hydroxyl groups is 1. The first kappa shape index (κ1) is 13.9. The van der Waals surface area contributed by atoms with Crippen molar-refractivity contribution in [1.29, 1.82) is 0 Å². The van der Waals surface area contributed by atoms with Gasteiger partial charge in [-0.1, -0.05) is 0 Å². The molecule has 4 nitrogen and oxygen atoms in total. The quantitative estimate of drug-likeness (QED) is 0.742. The van der Waals surface area contributed by atoms with Gasteiger partial charge in [0.2, 0.25) is 0 Å². The Morgan fingerprint density at radius 2 is 1.94 bits per heavy atom. The molecule has 1 rings (SSSR count). The Morgan fingerprint density at radius 1 is 1.44 bits per heavy atom. The van der Waals surface area contributed by atoms with Crippen molar-refractivity contribution in [3.63, 3.8) is 0 Å². The van der Waals surface area contributed by atoms with Crippen molar-refractivity contribution in [3.8, 4) is 0 Å². The van der Waals surface area contributed by atoms with Crippen molar-refractivity contribution in [2.75, 3.05) is 19.6 Å². The van der Waals surface area contributed by atoms with Crippen molar-refractivity contribution < 1.29 is 9.84 Å². The summed E-state index contributed by atoms with van der Waals surface area (Å²) >= 11 is 0. The highest BCUT2D eigenvalue weighted by Crippen LogP contribution is 2.19. The number of hydrogen-bond acceptors (Lipinski definition) is 4. The van der Waals surface area contributed by atoms with Crippen molar-refractivity contribution >= 4 is 0 Å². The van der Waals surface area contributed by atoms with Gasteiger partial charge >= 0.3 is 0 Å². The van der Waals surface area contributed by atoms with E-state index in [1.807, 2.05) is 0 Å². The fourth-order valence-corrected chi connectivity index (χ4v) is 2.43. The molecule has 3 N–H and O–H groups in total. The molecular weight excluding hydrogens is 204 g/mol. The van der Waals surface area contributed by atoms with Crippen LogP contribution in [0.25, 0.3) is 0 Å². The van der Waals surface area contributed by atoms with Gasteiger partial charge in [-0.05, 0) is 34.1 Å². The molecule has 0 radical (unpaired) electrons. The van der Waals surface area contributed by atoms with Gasteiger partial charge in [0.1, 0.15) is 0 Å². The molecule has 1 aliphatic heterocycles. The van der Waals surface area contributed by atoms with E-state index in [-0.39, 0.29) is 12.2 Å². The third-order valence-electron chi connectivity index (χ3n) is 3.25. The predicted octanol–water partition coefficient (Wildman–Crippen LogP) is 0.584. The molecule has 1 fully saturated rings. The summed E-state index contributed by atoms with van der Waals surface area (Å²) in [5.74, 6) is 0. The number of hydrogen-bond donors (Lipinski definition) is 2. The molecule has 0 saturated carbocycles. The van der Waals surface area contributed by atoms with Gasteiger partial charge in [-0.3, -0.25) is 4.90 Å². The maximum atomic E-state index is 9.97. The van der Waals surface area contributed by atoms with Gasteiger partial charge in [0.15, 0.2) is 0 Å². The minimum atomic E-state index is -0.760. The van der Waals surface area contributed by atoms with Crippen LogP contribution < -0.4 is 5.73 Å². The third-order valence-corrected chi connectivity index (χ3v) is 3.25. The molecule has 2 unspecified atom stereocenters. The monoisotopic (exact) mass is 230 g/mol. The molecule has 1 heterocycles. The molecule has 1 saturated heterocycles. The predicted molar refractivity (Wildman–Crippen MR) is 65.3 cm³/mol. The van der Waals surface area contributed by atoms with Crippen molar-refractivity contribution in [2.24, 2.45) is 5.73 Å². The van der Waals surface area contributed by atoms with Crippen LogP contribution in [0.15, 0.2) is 0 Å². The molecule has 16 heavy (non-hydrogen) atoms. The molecule has 96 valence electrons. The van der Waals surface area contributed by atoms with Crippen LogP contribution in [0.4, 0.5) is 0 Å². The average molecular weight is 230 g/mol. The zero-order valence-corrected chi connectivity index (χ0v) is 10.9. The number of rotatable bonds is 4. The lowest BCUT2D eigenvalue weighted by molar-refractivity contribution is -0.0870. The van der Waals surface area contributed by atoms with Crippen molar-refractivity contribution in [3.05, 3.63) is 0 Å². The van der Waals surface area contributed by atoms with E-state index in [9.17, 15) is 5.11 Å². The van der Waals surface area contributed by atoms with E-state index in [1.54, 1.807) is 6.92 Å². The summed E-state index contributed by atoms with van der Waals surface area (Å²) in [6, 6.07) is 0.340. The molecule has 0 aliphatic carbocycles. The topological polar surface area (TPSA) is 58.7 Å². The number of nitrogens with zero attached hydrogens (tertiary/aromatic N) is 1. The van der Waals surface area contributed by atoms with E-state index in [0.717, 1.165) is 13.1 Å². The van der Waals surface area contributed by atoms with Crippen LogP contribution in [0, 0.1) is 0 Å². The highest BCUT2D eigenvalue weighted by Gasteiger charge is 2.29. The van der Waals surface area contributed by atoms with E-state index in [2.05, 4.69) is 25.7 Å². The van der Waals surface area contributed by atoms with Gasteiger partial charge in [0, 0.05) is 25.7 Å². The Bertz CT molecular complexity index is 211. The first-order chi connectivity index (χ1) is 7.34.